The minimum Gasteiger partial charge on any atom is -0.508 e. The molecule has 0 radical (unpaired) electrons. The van der Waals surface area contributed by atoms with Crippen LogP contribution in [0.5, 0.6) is 11.5 Å². The predicted octanol–water partition coefficient (Wildman–Crippen LogP) is 5.45. The summed E-state index contributed by atoms with van der Waals surface area (Å²) >= 11 is 0. The van der Waals surface area contributed by atoms with Gasteiger partial charge in [-0.3, -0.25) is 4.90 Å². The van der Waals surface area contributed by atoms with Crippen molar-refractivity contribution < 1.29 is 10.2 Å². The van der Waals surface area contributed by atoms with Crippen LogP contribution in [0.4, 0.5) is 0 Å². The van der Waals surface area contributed by atoms with Crippen molar-refractivity contribution in [2.24, 2.45) is 0 Å². The summed E-state index contributed by atoms with van der Waals surface area (Å²) in [6.45, 7) is 9.19. The zero-order chi connectivity index (χ0) is 16.9. The summed E-state index contributed by atoms with van der Waals surface area (Å²) in [6, 6.07) is 5.03. The summed E-state index contributed by atoms with van der Waals surface area (Å²) in [7, 11) is 0. The summed E-state index contributed by atoms with van der Waals surface area (Å²) in [5.74, 6) is 0.582. The van der Waals surface area contributed by atoms with E-state index in [0.29, 0.717) is 0 Å². The van der Waals surface area contributed by atoms with E-state index in [1.54, 1.807) is 0 Å². The third-order valence-corrected chi connectivity index (χ3v) is 5.72. The number of aromatic hydroxyl groups is 2. The molecule has 1 heterocycles. The maximum Gasteiger partial charge on any atom is 0.119 e. The van der Waals surface area contributed by atoms with Gasteiger partial charge in [-0.05, 0) is 62.9 Å². The Kier molecular flexibility index (Phi) is 8.38. The first-order chi connectivity index (χ1) is 11.0. The molecule has 1 saturated heterocycles. The van der Waals surface area contributed by atoms with E-state index in [1.807, 2.05) is 12.1 Å². The Hall–Kier alpha value is -0.930. The molecule has 0 spiro atoms. The monoisotopic (exact) mass is 355 g/mol. The second-order valence-corrected chi connectivity index (χ2v) is 7.37. The summed E-state index contributed by atoms with van der Waals surface area (Å²) in [5.41, 5.74) is 1.11. The van der Waals surface area contributed by atoms with E-state index in [0.717, 1.165) is 18.7 Å². The highest BCUT2D eigenvalue weighted by Gasteiger charge is 2.38. The second-order valence-electron chi connectivity index (χ2n) is 7.37. The minimum atomic E-state index is 0. The van der Waals surface area contributed by atoms with Crippen LogP contribution in [0.3, 0.4) is 0 Å². The molecular formula is C20H34ClNO2. The van der Waals surface area contributed by atoms with Crippen molar-refractivity contribution >= 4 is 12.4 Å². The summed E-state index contributed by atoms with van der Waals surface area (Å²) < 4.78 is 0. The van der Waals surface area contributed by atoms with Gasteiger partial charge < -0.3 is 10.2 Å². The molecule has 1 aromatic carbocycles. The fraction of sp³-hybridized carbons (Fsp3) is 0.700. The fourth-order valence-electron chi connectivity index (χ4n) is 4.01. The van der Waals surface area contributed by atoms with E-state index in [-0.39, 0.29) is 35.4 Å². The topological polar surface area (TPSA) is 43.7 Å². The van der Waals surface area contributed by atoms with Gasteiger partial charge in [0.25, 0.3) is 0 Å². The van der Waals surface area contributed by atoms with Gasteiger partial charge in [0.2, 0.25) is 0 Å². The fourth-order valence-corrected chi connectivity index (χ4v) is 4.01. The van der Waals surface area contributed by atoms with Crippen molar-refractivity contribution in [3.05, 3.63) is 23.8 Å². The van der Waals surface area contributed by atoms with Gasteiger partial charge in [0.05, 0.1) is 0 Å². The number of phenolic OH excluding ortho intramolecular Hbond substituents is 2. The lowest BCUT2D eigenvalue weighted by Crippen LogP contribution is -2.52. The molecule has 1 aliphatic heterocycles. The first-order valence-corrected chi connectivity index (χ1v) is 9.25. The first-order valence-electron chi connectivity index (χ1n) is 9.25. The SMILES string of the molecule is CCCCCC(C)(C(C)c1cc(O)cc(O)c1)N1CCCCC1.Cl. The van der Waals surface area contributed by atoms with Crippen LogP contribution in [0, 0.1) is 0 Å². The molecule has 0 amide bonds. The van der Waals surface area contributed by atoms with E-state index in [1.165, 1.54) is 51.0 Å². The Labute approximate surface area is 153 Å². The van der Waals surface area contributed by atoms with Crippen molar-refractivity contribution in [3.8, 4) is 11.5 Å². The molecule has 2 atom stereocenters. The number of nitrogens with zero attached hydrogens (tertiary/aromatic N) is 1. The third kappa shape index (κ3) is 5.03. The smallest absolute Gasteiger partial charge is 0.119 e. The number of unbranched alkanes of at least 4 members (excludes halogenated alkanes) is 2. The highest BCUT2D eigenvalue weighted by atomic mass is 35.5. The van der Waals surface area contributed by atoms with Crippen molar-refractivity contribution in [1.82, 2.24) is 4.90 Å². The highest BCUT2D eigenvalue weighted by Crippen LogP contribution is 2.40. The Bertz CT molecular complexity index is 482. The number of piperidine rings is 1. The molecule has 1 aromatic rings. The Morgan fingerprint density at radius 1 is 1.04 bits per heavy atom. The molecule has 3 nitrogen and oxygen atoms in total. The Morgan fingerprint density at radius 2 is 1.62 bits per heavy atom. The molecule has 0 bridgehead atoms. The lowest BCUT2D eigenvalue weighted by atomic mass is 9.76. The lowest BCUT2D eigenvalue weighted by molar-refractivity contribution is 0.0512. The van der Waals surface area contributed by atoms with Gasteiger partial charge in [-0.25, -0.2) is 0 Å². The molecule has 4 heteroatoms. The summed E-state index contributed by atoms with van der Waals surface area (Å²) in [5, 5.41) is 19.7. The molecular weight excluding hydrogens is 322 g/mol. The largest absolute Gasteiger partial charge is 0.508 e. The minimum absolute atomic E-state index is 0. The van der Waals surface area contributed by atoms with Crippen molar-refractivity contribution in [3.63, 3.8) is 0 Å². The van der Waals surface area contributed by atoms with Crippen LogP contribution in [0.1, 0.15) is 77.2 Å². The number of rotatable bonds is 7. The Morgan fingerprint density at radius 3 is 2.17 bits per heavy atom. The number of hydrogen-bond donors (Lipinski definition) is 2. The molecule has 1 aliphatic rings. The number of phenols is 2. The van der Waals surface area contributed by atoms with Crippen LogP contribution in [-0.2, 0) is 0 Å². The zero-order valence-electron chi connectivity index (χ0n) is 15.4. The van der Waals surface area contributed by atoms with Gasteiger partial charge in [-0.1, -0.05) is 39.5 Å². The molecule has 0 saturated carbocycles. The average Bonchev–Trinajstić information content (AvgIpc) is 2.54. The highest BCUT2D eigenvalue weighted by molar-refractivity contribution is 5.85. The number of benzene rings is 1. The normalized spacial score (nSPS) is 19.3. The van der Waals surface area contributed by atoms with Crippen LogP contribution in [0.25, 0.3) is 0 Å². The van der Waals surface area contributed by atoms with Crippen LogP contribution in [-0.4, -0.2) is 33.7 Å². The van der Waals surface area contributed by atoms with Gasteiger partial charge in [0.15, 0.2) is 0 Å². The standard InChI is InChI=1S/C20H33NO2.ClH/c1-4-5-7-10-20(3,21-11-8-6-9-12-21)16(2)17-13-18(22)15-19(23)14-17;/h13-16,22-23H,4-12H2,1-3H3;1H. The van der Waals surface area contributed by atoms with Crippen LogP contribution >= 0.6 is 12.4 Å². The van der Waals surface area contributed by atoms with E-state index in [9.17, 15) is 10.2 Å². The third-order valence-electron chi connectivity index (χ3n) is 5.72. The van der Waals surface area contributed by atoms with Crippen LogP contribution < -0.4 is 0 Å². The molecule has 138 valence electrons. The van der Waals surface area contributed by atoms with Gasteiger partial charge in [-0.15, -0.1) is 12.4 Å². The van der Waals surface area contributed by atoms with Gasteiger partial charge >= 0.3 is 0 Å². The predicted molar refractivity (Wildman–Crippen MR) is 103 cm³/mol. The van der Waals surface area contributed by atoms with Crippen LogP contribution in [0.2, 0.25) is 0 Å². The number of hydrogen-bond acceptors (Lipinski definition) is 3. The molecule has 2 unspecified atom stereocenters. The summed E-state index contributed by atoms with van der Waals surface area (Å²) in [6.07, 6.45) is 8.79. The number of likely N-dealkylation sites (tertiary alicyclic amines) is 1. The maximum absolute atomic E-state index is 9.86. The Balaban J connectivity index is 0.00000288. The second kappa shape index (κ2) is 9.53. The molecule has 1 fully saturated rings. The van der Waals surface area contributed by atoms with Gasteiger partial charge in [0, 0.05) is 11.6 Å². The van der Waals surface area contributed by atoms with Crippen molar-refractivity contribution in [2.75, 3.05) is 13.1 Å². The van der Waals surface area contributed by atoms with Crippen LogP contribution in [0.15, 0.2) is 18.2 Å². The van der Waals surface area contributed by atoms with E-state index >= 15 is 0 Å². The van der Waals surface area contributed by atoms with Crippen molar-refractivity contribution in [1.29, 1.82) is 0 Å². The average molecular weight is 356 g/mol. The number of halogens is 1. The molecule has 2 rings (SSSR count). The molecule has 0 aromatic heterocycles. The van der Waals surface area contributed by atoms with Crippen molar-refractivity contribution in [2.45, 2.75) is 77.2 Å². The molecule has 0 aliphatic carbocycles. The van der Waals surface area contributed by atoms with Gasteiger partial charge in [0.1, 0.15) is 11.5 Å². The van der Waals surface area contributed by atoms with Gasteiger partial charge in [-0.2, -0.15) is 0 Å². The van der Waals surface area contributed by atoms with E-state index in [2.05, 4.69) is 25.7 Å². The first kappa shape index (κ1) is 21.1. The molecule has 2 N–H and O–H groups in total. The molecule has 24 heavy (non-hydrogen) atoms. The lowest BCUT2D eigenvalue weighted by Gasteiger charge is -2.48. The zero-order valence-corrected chi connectivity index (χ0v) is 16.2. The maximum atomic E-state index is 9.86. The summed E-state index contributed by atoms with van der Waals surface area (Å²) in [4.78, 5) is 2.65. The quantitative estimate of drug-likeness (QED) is 0.639. The van der Waals surface area contributed by atoms with E-state index in [4.69, 9.17) is 0 Å². The van der Waals surface area contributed by atoms with E-state index < -0.39 is 0 Å².